The molecule has 0 amide bonds. The van der Waals surface area contributed by atoms with E-state index in [1.165, 1.54) is 13.2 Å². The monoisotopic (exact) mass is 304 g/mol. The summed E-state index contributed by atoms with van der Waals surface area (Å²) in [5.74, 6) is 0.107. The van der Waals surface area contributed by atoms with Crippen molar-refractivity contribution in [2.75, 3.05) is 19.9 Å². The van der Waals surface area contributed by atoms with Gasteiger partial charge >= 0.3 is 0 Å². The summed E-state index contributed by atoms with van der Waals surface area (Å²) >= 11 is 0. The lowest BCUT2D eigenvalue weighted by molar-refractivity contribution is 0.407. The summed E-state index contributed by atoms with van der Waals surface area (Å²) < 4.78 is 43.5. The Kier molecular flexibility index (Phi) is 5.50. The highest BCUT2D eigenvalue weighted by Crippen LogP contribution is 2.16. The van der Waals surface area contributed by atoms with E-state index in [9.17, 15) is 12.8 Å². The Labute approximate surface area is 119 Å². The van der Waals surface area contributed by atoms with Gasteiger partial charge in [0, 0.05) is 30.3 Å². The molecule has 5 nitrogen and oxygen atoms in total. The number of ether oxygens (including phenoxy) is 1. The predicted molar refractivity (Wildman–Crippen MR) is 76.7 cm³/mol. The topological polar surface area (TPSA) is 67.4 Å². The van der Waals surface area contributed by atoms with Gasteiger partial charge in [-0.1, -0.05) is 6.07 Å². The van der Waals surface area contributed by atoms with Crippen molar-refractivity contribution < 1.29 is 17.5 Å². The van der Waals surface area contributed by atoms with E-state index in [0.29, 0.717) is 24.4 Å². The van der Waals surface area contributed by atoms with E-state index in [1.807, 2.05) is 0 Å². The van der Waals surface area contributed by atoms with E-state index in [-0.39, 0.29) is 5.82 Å². The largest absolute Gasteiger partial charge is 0.497 e. The van der Waals surface area contributed by atoms with Gasteiger partial charge in [-0.15, -0.1) is 0 Å². The third-order valence-electron chi connectivity index (χ3n) is 2.60. The quantitative estimate of drug-likeness (QED) is 0.795. The molecule has 7 heteroatoms. The lowest BCUT2D eigenvalue weighted by atomic mass is 10.1. The van der Waals surface area contributed by atoms with Crippen LogP contribution in [0.15, 0.2) is 18.2 Å². The van der Waals surface area contributed by atoms with Crippen LogP contribution < -0.4 is 14.8 Å². The Morgan fingerprint density at radius 3 is 2.50 bits per heavy atom. The second kappa shape index (κ2) is 6.51. The fraction of sp³-hybridized carbons (Fsp3) is 0.538. The van der Waals surface area contributed by atoms with E-state index < -0.39 is 15.6 Å². The molecular weight excluding hydrogens is 283 g/mol. The standard InChI is InChI=1S/C13H21FN2O3S/c1-13(2,16-20(4,17)18)9-15-8-10-5-6-11(19-3)7-12(10)14/h5-7,15-16H,8-9H2,1-4H3. The molecule has 0 heterocycles. The third-order valence-corrected chi connectivity index (χ3v) is 3.53. The van der Waals surface area contributed by atoms with Gasteiger partial charge in [-0.3, -0.25) is 0 Å². The molecule has 0 aliphatic carbocycles. The van der Waals surface area contributed by atoms with Gasteiger partial charge in [0.25, 0.3) is 0 Å². The molecule has 2 N–H and O–H groups in total. The molecule has 20 heavy (non-hydrogen) atoms. The lowest BCUT2D eigenvalue weighted by Gasteiger charge is -2.25. The Morgan fingerprint density at radius 1 is 1.35 bits per heavy atom. The molecule has 0 unspecified atom stereocenters. The van der Waals surface area contributed by atoms with Crippen LogP contribution in [0.3, 0.4) is 0 Å². The number of methoxy groups -OCH3 is 1. The Balaban J connectivity index is 2.56. The number of hydrogen-bond acceptors (Lipinski definition) is 4. The van der Waals surface area contributed by atoms with Crippen LogP contribution in [-0.4, -0.2) is 33.9 Å². The smallest absolute Gasteiger partial charge is 0.209 e. The first-order valence-electron chi connectivity index (χ1n) is 6.15. The highest BCUT2D eigenvalue weighted by Gasteiger charge is 2.21. The molecule has 114 valence electrons. The van der Waals surface area contributed by atoms with Crippen LogP contribution in [0.4, 0.5) is 4.39 Å². The SMILES string of the molecule is COc1ccc(CNCC(C)(C)NS(C)(=O)=O)c(F)c1. The molecule has 1 aromatic rings. The van der Waals surface area contributed by atoms with Gasteiger partial charge in [-0.05, 0) is 19.9 Å². The van der Waals surface area contributed by atoms with Gasteiger partial charge in [-0.25, -0.2) is 17.5 Å². The first-order valence-corrected chi connectivity index (χ1v) is 8.04. The lowest BCUT2D eigenvalue weighted by Crippen LogP contribution is -2.49. The van der Waals surface area contributed by atoms with Crippen molar-refractivity contribution in [2.24, 2.45) is 0 Å². The van der Waals surface area contributed by atoms with Crippen molar-refractivity contribution in [1.82, 2.24) is 10.0 Å². The van der Waals surface area contributed by atoms with Crippen LogP contribution >= 0.6 is 0 Å². The zero-order chi connectivity index (χ0) is 15.4. The van der Waals surface area contributed by atoms with Crippen LogP contribution in [0.25, 0.3) is 0 Å². The number of hydrogen-bond donors (Lipinski definition) is 2. The average molecular weight is 304 g/mol. The summed E-state index contributed by atoms with van der Waals surface area (Å²) in [6.45, 7) is 4.20. The second-order valence-electron chi connectivity index (χ2n) is 5.32. The van der Waals surface area contributed by atoms with Crippen molar-refractivity contribution in [1.29, 1.82) is 0 Å². The number of benzene rings is 1. The number of halogens is 1. The van der Waals surface area contributed by atoms with Crippen molar-refractivity contribution in [3.05, 3.63) is 29.6 Å². The number of sulfonamides is 1. The van der Waals surface area contributed by atoms with E-state index in [0.717, 1.165) is 6.26 Å². The maximum Gasteiger partial charge on any atom is 0.209 e. The minimum absolute atomic E-state index is 0.310. The van der Waals surface area contributed by atoms with Gasteiger partial charge in [0.1, 0.15) is 11.6 Å². The minimum Gasteiger partial charge on any atom is -0.497 e. The summed E-state index contributed by atoms with van der Waals surface area (Å²) in [5, 5.41) is 3.04. The third kappa shape index (κ3) is 5.85. The van der Waals surface area contributed by atoms with Crippen LogP contribution in [0.5, 0.6) is 5.75 Å². The molecule has 0 aromatic heterocycles. The molecule has 0 aliphatic heterocycles. The zero-order valence-corrected chi connectivity index (χ0v) is 13.0. The van der Waals surface area contributed by atoms with Gasteiger partial charge in [0.05, 0.1) is 13.4 Å². The number of rotatable bonds is 7. The summed E-state index contributed by atoms with van der Waals surface area (Å²) in [6.07, 6.45) is 1.11. The molecule has 0 saturated heterocycles. The zero-order valence-electron chi connectivity index (χ0n) is 12.2. The predicted octanol–water partition coefficient (Wildman–Crippen LogP) is 1.25. The van der Waals surface area contributed by atoms with Crippen LogP contribution in [-0.2, 0) is 16.6 Å². The van der Waals surface area contributed by atoms with Crippen molar-refractivity contribution in [3.63, 3.8) is 0 Å². The molecule has 0 bridgehead atoms. The molecule has 0 radical (unpaired) electrons. The maximum atomic E-state index is 13.7. The number of nitrogens with one attached hydrogen (secondary N) is 2. The normalized spacial score (nSPS) is 12.4. The molecule has 0 spiro atoms. The summed E-state index contributed by atoms with van der Waals surface area (Å²) in [5.41, 5.74) is -0.141. The molecule has 1 rings (SSSR count). The van der Waals surface area contributed by atoms with E-state index in [4.69, 9.17) is 4.74 Å². The van der Waals surface area contributed by atoms with Gasteiger partial charge < -0.3 is 10.1 Å². The van der Waals surface area contributed by atoms with Crippen molar-refractivity contribution in [3.8, 4) is 5.75 Å². The van der Waals surface area contributed by atoms with Crippen LogP contribution in [0.2, 0.25) is 0 Å². The van der Waals surface area contributed by atoms with Gasteiger partial charge in [-0.2, -0.15) is 0 Å². The van der Waals surface area contributed by atoms with Gasteiger partial charge in [0.15, 0.2) is 0 Å². The van der Waals surface area contributed by atoms with Crippen LogP contribution in [0.1, 0.15) is 19.4 Å². The summed E-state index contributed by atoms with van der Waals surface area (Å²) in [6, 6.07) is 4.63. The average Bonchev–Trinajstić information content (AvgIpc) is 2.27. The molecule has 1 aromatic carbocycles. The Hall–Kier alpha value is -1.18. The molecular formula is C13H21FN2O3S. The first kappa shape index (κ1) is 16.9. The summed E-state index contributed by atoms with van der Waals surface area (Å²) in [7, 11) is -1.80. The molecule has 0 saturated carbocycles. The first-order chi connectivity index (χ1) is 9.13. The van der Waals surface area contributed by atoms with E-state index in [2.05, 4.69) is 10.0 Å². The van der Waals surface area contributed by atoms with Crippen LogP contribution in [0, 0.1) is 5.82 Å². The molecule has 0 atom stereocenters. The Bertz CT molecular complexity index is 559. The minimum atomic E-state index is -3.27. The molecule has 0 aliphatic rings. The fourth-order valence-electron chi connectivity index (χ4n) is 1.85. The fourth-order valence-corrected chi connectivity index (χ4v) is 2.92. The Morgan fingerprint density at radius 2 is 2.00 bits per heavy atom. The molecule has 0 fully saturated rings. The van der Waals surface area contributed by atoms with Gasteiger partial charge in [0.2, 0.25) is 10.0 Å². The highest BCUT2D eigenvalue weighted by molar-refractivity contribution is 7.88. The van der Waals surface area contributed by atoms with E-state index >= 15 is 0 Å². The van der Waals surface area contributed by atoms with Crippen molar-refractivity contribution in [2.45, 2.75) is 25.9 Å². The summed E-state index contributed by atoms with van der Waals surface area (Å²) in [4.78, 5) is 0. The van der Waals surface area contributed by atoms with Crippen molar-refractivity contribution >= 4 is 10.0 Å². The maximum absolute atomic E-state index is 13.7. The highest BCUT2D eigenvalue weighted by atomic mass is 32.2. The van der Waals surface area contributed by atoms with E-state index in [1.54, 1.807) is 26.0 Å². The second-order valence-corrected chi connectivity index (χ2v) is 7.07.